The van der Waals surface area contributed by atoms with E-state index < -0.39 is 5.60 Å². The SMILES string of the molecule is CCCC(C)(O)C(C)=NC(C)C.[Ce]. The van der Waals surface area contributed by atoms with Crippen LogP contribution >= 0.6 is 0 Å². The largest absolute Gasteiger partial charge is 0.384 e. The van der Waals surface area contributed by atoms with Gasteiger partial charge in [-0.05, 0) is 34.1 Å². The number of hydrogen-bond acceptors (Lipinski definition) is 2. The van der Waals surface area contributed by atoms with Crippen molar-refractivity contribution in [1.82, 2.24) is 0 Å². The van der Waals surface area contributed by atoms with Crippen molar-refractivity contribution in [1.29, 1.82) is 0 Å². The molecule has 0 aliphatic carbocycles. The van der Waals surface area contributed by atoms with Crippen LogP contribution in [-0.4, -0.2) is 22.5 Å². The van der Waals surface area contributed by atoms with Crippen molar-refractivity contribution in [3.8, 4) is 0 Å². The number of aliphatic imine (C=N–C) groups is 1. The minimum atomic E-state index is -0.709. The molecule has 0 aliphatic heterocycles. The maximum Gasteiger partial charge on any atom is 0.0991 e. The number of aliphatic hydroxyl groups is 1. The molecule has 0 radical (unpaired) electrons. The Morgan fingerprint density at radius 3 is 2.23 bits per heavy atom. The van der Waals surface area contributed by atoms with Crippen molar-refractivity contribution in [2.45, 2.75) is 59.1 Å². The van der Waals surface area contributed by atoms with Gasteiger partial charge in [0.1, 0.15) is 0 Å². The van der Waals surface area contributed by atoms with Gasteiger partial charge in [-0.25, -0.2) is 0 Å². The normalized spacial score (nSPS) is 16.7. The first-order valence-corrected chi connectivity index (χ1v) is 4.67. The van der Waals surface area contributed by atoms with E-state index in [1.54, 1.807) is 0 Å². The maximum atomic E-state index is 9.90. The second-order valence-corrected chi connectivity index (χ2v) is 3.83. The molecule has 0 amide bonds. The Kier molecular flexibility index (Phi) is 9.25. The molecule has 0 aromatic carbocycles. The van der Waals surface area contributed by atoms with Crippen LogP contribution in [0.5, 0.6) is 0 Å². The van der Waals surface area contributed by atoms with Crippen LogP contribution in [0.15, 0.2) is 4.99 Å². The van der Waals surface area contributed by atoms with Crippen LogP contribution in [0.3, 0.4) is 0 Å². The van der Waals surface area contributed by atoms with Crippen molar-refractivity contribution in [2.24, 2.45) is 4.99 Å². The first kappa shape index (κ1) is 16.4. The molecule has 0 spiro atoms. The van der Waals surface area contributed by atoms with E-state index in [2.05, 4.69) is 11.9 Å². The van der Waals surface area contributed by atoms with Crippen LogP contribution in [0.25, 0.3) is 0 Å². The molecule has 0 aliphatic rings. The van der Waals surface area contributed by atoms with E-state index in [0.717, 1.165) is 18.6 Å². The zero-order valence-electron chi connectivity index (χ0n) is 9.39. The Balaban J connectivity index is 0. The van der Waals surface area contributed by atoms with Crippen molar-refractivity contribution >= 4 is 5.71 Å². The smallest absolute Gasteiger partial charge is 0.0991 e. The van der Waals surface area contributed by atoms with Crippen LogP contribution in [0, 0.1) is 41.7 Å². The minimum Gasteiger partial charge on any atom is -0.384 e. The van der Waals surface area contributed by atoms with Gasteiger partial charge < -0.3 is 5.11 Å². The first-order valence-electron chi connectivity index (χ1n) is 4.67. The molecule has 0 fully saturated rings. The van der Waals surface area contributed by atoms with E-state index in [1.165, 1.54) is 0 Å². The summed E-state index contributed by atoms with van der Waals surface area (Å²) in [5, 5.41) is 9.90. The predicted molar refractivity (Wildman–Crippen MR) is 53.8 cm³/mol. The third kappa shape index (κ3) is 7.00. The molecular formula is C10H21CeNO. The standard InChI is InChI=1S/C10H21NO.Ce/c1-6-7-10(5,12)9(4)11-8(2)3;/h8,12H,6-7H2,1-5H3;. The molecule has 1 atom stereocenters. The summed E-state index contributed by atoms with van der Waals surface area (Å²) in [6.07, 6.45) is 1.77. The molecule has 2 nitrogen and oxygen atoms in total. The van der Waals surface area contributed by atoms with Gasteiger partial charge in [-0.1, -0.05) is 13.3 Å². The molecule has 0 rings (SSSR count). The predicted octanol–water partition coefficient (Wildman–Crippen LogP) is 2.41. The van der Waals surface area contributed by atoms with E-state index in [4.69, 9.17) is 0 Å². The van der Waals surface area contributed by atoms with Crippen LogP contribution in [-0.2, 0) is 0 Å². The number of rotatable bonds is 4. The second kappa shape index (κ2) is 7.32. The fraction of sp³-hybridized carbons (Fsp3) is 0.900. The molecule has 3 heteroatoms. The second-order valence-electron chi connectivity index (χ2n) is 3.83. The molecule has 0 aromatic heterocycles. The molecular weight excluding hydrogens is 290 g/mol. The van der Waals surface area contributed by atoms with E-state index in [0.29, 0.717) is 0 Å². The van der Waals surface area contributed by atoms with Gasteiger partial charge in [-0.2, -0.15) is 0 Å². The van der Waals surface area contributed by atoms with Gasteiger partial charge in [0.2, 0.25) is 0 Å². The van der Waals surface area contributed by atoms with Crippen molar-refractivity contribution in [3.05, 3.63) is 0 Å². The summed E-state index contributed by atoms with van der Waals surface area (Å²) in [5.41, 5.74) is 0.137. The molecule has 76 valence electrons. The maximum absolute atomic E-state index is 9.90. The van der Waals surface area contributed by atoms with Crippen LogP contribution < -0.4 is 0 Å². The van der Waals surface area contributed by atoms with E-state index in [9.17, 15) is 5.11 Å². The van der Waals surface area contributed by atoms with Gasteiger partial charge in [0, 0.05) is 53.5 Å². The van der Waals surface area contributed by atoms with Crippen LogP contribution in [0.4, 0.5) is 0 Å². The summed E-state index contributed by atoms with van der Waals surface area (Å²) in [6.45, 7) is 9.83. The molecule has 0 saturated heterocycles. The van der Waals surface area contributed by atoms with Gasteiger partial charge in [0.15, 0.2) is 0 Å². The van der Waals surface area contributed by atoms with Gasteiger partial charge >= 0.3 is 0 Å². The Hall–Kier alpha value is 1.01. The summed E-state index contributed by atoms with van der Waals surface area (Å²) in [5.74, 6) is 0. The molecule has 0 saturated carbocycles. The van der Waals surface area contributed by atoms with Gasteiger partial charge in [-0.3, -0.25) is 4.99 Å². The van der Waals surface area contributed by atoms with E-state index >= 15 is 0 Å². The summed E-state index contributed by atoms with van der Waals surface area (Å²) >= 11 is 0. The Morgan fingerprint density at radius 1 is 1.46 bits per heavy atom. The minimum absolute atomic E-state index is 0. The summed E-state index contributed by atoms with van der Waals surface area (Å²) < 4.78 is 0. The third-order valence-corrected chi connectivity index (χ3v) is 1.97. The number of hydrogen-bond donors (Lipinski definition) is 1. The molecule has 1 N–H and O–H groups in total. The molecule has 0 bridgehead atoms. The average molecular weight is 311 g/mol. The van der Waals surface area contributed by atoms with Gasteiger partial charge in [-0.15, -0.1) is 0 Å². The Morgan fingerprint density at radius 2 is 1.92 bits per heavy atom. The van der Waals surface area contributed by atoms with Crippen molar-refractivity contribution in [2.75, 3.05) is 0 Å². The topological polar surface area (TPSA) is 32.6 Å². The fourth-order valence-corrected chi connectivity index (χ4v) is 1.19. The van der Waals surface area contributed by atoms with Crippen LogP contribution in [0.2, 0.25) is 0 Å². The Bertz CT molecular complexity index is 164. The van der Waals surface area contributed by atoms with E-state index in [-0.39, 0.29) is 47.8 Å². The molecule has 1 unspecified atom stereocenters. The summed E-state index contributed by atoms with van der Waals surface area (Å²) in [6, 6.07) is 0.272. The zero-order chi connectivity index (χ0) is 9.78. The van der Waals surface area contributed by atoms with Crippen molar-refractivity contribution in [3.63, 3.8) is 0 Å². The van der Waals surface area contributed by atoms with Crippen molar-refractivity contribution < 1.29 is 46.9 Å². The third-order valence-electron chi connectivity index (χ3n) is 1.97. The molecule has 0 heterocycles. The van der Waals surface area contributed by atoms with E-state index in [1.807, 2.05) is 27.7 Å². The quantitative estimate of drug-likeness (QED) is 0.795. The van der Waals surface area contributed by atoms with Crippen LogP contribution in [0.1, 0.15) is 47.5 Å². The summed E-state index contributed by atoms with van der Waals surface area (Å²) in [7, 11) is 0. The average Bonchev–Trinajstić information content (AvgIpc) is 1.85. The number of nitrogens with zero attached hydrogens (tertiary/aromatic N) is 1. The molecule has 13 heavy (non-hydrogen) atoms. The van der Waals surface area contributed by atoms with Gasteiger partial charge in [0.25, 0.3) is 0 Å². The fourth-order valence-electron chi connectivity index (χ4n) is 1.19. The zero-order valence-corrected chi connectivity index (χ0v) is 12.5. The Labute approximate surface area is 116 Å². The first-order chi connectivity index (χ1) is 5.40. The molecule has 0 aromatic rings. The monoisotopic (exact) mass is 311 g/mol. The summed E-state index contributed by atoms with van der Waals surface area (Å²) in [4.78, 5) is 4.33. The van der Waals surface area contributed by atoms with Gasteiger partial charge in [0.05, 0.1) is 5.60 Å².